The zero-order valence-corrected chi connectivity index (χ0v) is 11.0. The third-order valence-corrected chi connectivity index (χ3v) is 2.83. The first-order chi connectivity index (χ1) is 9.25. The minimum absolute atomic E-state index is 0.480. The van der Waals surface area contributed by atoms with Crippen molar-refractivity contribution < 1.29 is 9.52 Å². The zero-order valence-electron chi connectivity index (χ0n) is 11.0. The fraction of sp³-hybridized carbons (Fsp3) is 0.250. The highest BCUT2D eigenvalue weighted by atomic mass is 16.4. The van der Waals surface area contributed by atoms with Gasteiger partial charge in [-0.1, -0.05) is 42.0 Å². The summed E-state index contributed by atoms with van der Waals surface area (Å²) in [5.74, 6) is 0.595. The van der Waals surface area contributed by atoms with E-state index in [1.807, 2.05) is 18.2 Å². The highest BCUT2D eigenvalue weighted by Gasteiger charge is 2.08. The fourth-order valence-corrected chi connectivity index (χ4v) is 1.87. The molecule has 3 heteroatoms. The van der Waals surface area contributed by atoms with Gasteiger partial charge in [0.1, 0.15) is 11.9 Å². The molecular formula is C16H19NO2. The summed E-state index contributed by atoms with van der Waals surface area (Å²) >= 11 is 0. The third kappa shape index (κ3) is 4.39. The number of hydrogen-bond acceptors (Lipinski definition) is 3. The summed E-state index contributed by atoms with van der Waals surface area (Å²) in [6.07, 6.45) is 3.10. The van der Waals surface area contributed by atoms with Gasteiger partial charge in [-0.3, -0.25) is 0 Å². The van der Waals surface area contributed by atoms with Crippen LogP contribution in [0.2, 0.25) is 0 Å². The van der Waals surface area contributed by atoms with Gasteiger partial charge in [-0.2, -0.15) is 0 Å². The van der Waals surface area contributed by atoms with Crippen molar-refractivity contribution in [2.24, 2.45) is 0 Å². The largest absolute Gasteiger partial charge is 0.467 e. The van der Waals surface area contributed by atoms with Crippen molar-refractivity contribution in [2.75, 3.05) is 13.1 Å². The molecule has 1 heterocycles. The Labute approximate surface area is 113 Å². The van der Waals surface area contributed by atoms with Crippen LogP contribution in [0.4, 0.5) is 0 Å². The Hall–Kier alpha value is -1.84. The van der Waals surface area contributed by atoms with E-state index in [1.165, 1.54) is 11.1 Å². The molecule has 3 nitrogen and oxygen atoms in total. The van der Waals surface area contributed by atoms with Crippen LogP contribution in [0.5, 0.6) is 0 Å². The molecule has 0 spiro atoms. The van der Waals surface area contributed by atoms with E-state index in [9.17, 15) is 5.11 Å². The Morgan fingerprint density at radius 1 is 1.26 bits per heavy atom. The molecule has 1 unspecified atom stereocenters. The second-order valence-corrected chi connectivity index (χ2v) is 4.56. The van der Waals surface area contributed by atoms with Crippen LogP contribution < -0.4 is 5.32 Å². The average Bonchev–Trinajstić information content (AvgIpc) is 2.93. The van der Waals surface area contributed by atoms with Crippen molar-refractivity contribution in [2.45, 2.75) is 13.0 Å². The Balaban J connectivity index is 1.78. The minimum Gasteiger partial charge on any atom is -0.467 e. The Kier molecular flexibility index (Phi) is 4.95. The lowest BCUT2D eigenvalue weighted by molar-refractivity contribution is 0.148. The number of benzene rings is 1. The molecule has 2 aromatic rings. The SMILES string of the molecule is CC(=Cc1ccccc1)CNCC(O)c1ccco1. The first kappa shape index (κ1) is 13.6. The predicted octanol–water partition coefficient (Wildman–Crippen LogP) is 3.01. The zero-order chi connectivity index (χ0) is 13.5. The molecule has 100 valence electrons. The normalized spacial score (nSPS) is 13.5. The average molecular weight is 257 g/mol. The molecule has 0 amide bonds. The van der Waals surface area contributed by atoms with E-state index in [4.69, 9.17) is 4.42 Å². The van der Waals surface area contributed by atoms with E-state index in [0.29, 0.717) is 12.3 Å². The summed E-state index contributed by atoms with van der Waals surface area (Å²) in [6, 6.07) is 13.7. The molecule has 1 aromatic heterocycles. The molecule has 0 bridgehead atoms. The quantitative estimate of drug-likeness (QED) is 0.836. The number of hydrogen-bond donors (Lipinski definition) is 2. The van der Waals surface area contributed by atoms with Crippen molar-refractivity contribution >= 4 is 6.08 Å². The maximum absolute atomic E-state index is 9.84. The van der Waals surface area contributed by atoms with E-state index >= 15 is 0 Å². The van der Waals surface area contributed by atoms with Gasteiger partial charge >= 0.3 is 0 Å². The van der Waals surface area contributed by atoms with Gasteiger partial charge in [-0.25, -0.2) is 0 Å². The lowest BCUT2D eigenvalue weighted by Gasteiger charge is -2.09. The van der Waals surface area contributed by atoms with E-state index in [0.717, 1.165) is 6.54 Å². The van der Waals surface area contributed by atoms with Crippen LogP contribution in [0.1, 0.15) is 24.4 Å². The number of nitrogens with one attached hydrogen (secondary N) is 1. The summed E-state index contributed by atoms with van der Waals surface area (Å²) < 4.78 is 5.14. The van der Waals surface area contributed by atoms with Crippen LogP contribution in [0.3, 0.4) is 0 Å². The molecule has 0 aliphatic heterocycles. The van der Waals surface area contributed by atoms with E-state index in [2.05, 4.69) is 30.4 Å². The summed E-state index contributed by atoms with van der Waals surface area (Å²) in [6.45, 7) is 3.29. The molecular weight excluding hydrogens is 238 g/mol. The maximum atomic E-state index is 9.84. The minimum atomic E-state index is -0.598. The lowest BCUT2D eigenvalue weighted by atomic mass is 10.1. The van der Waals surface area contributed by atoms with Crippen LogP contribution >= 0.6 is 0 Å². The van der Waals surface area contributed by atoms with Crippen molar-refractivity contribution in [1.29, 1.82) is 0 Å². The van der Waals surface area contributed by atoms with Crippen molar-refractivity contribution in [1.82, 2.24) is 5.32 Å². The number of aliphatic hydroxyl groups excluding tert-OH is 1. The second kappa shape index (κ2) is 6.92. The monoisotopic (exact) mass is 257 g/mol. The molecule has 19 heavy (non-hydrogen) atoms. The summed E-state index contributed by atoms with van der Waals surface area (Å²) in [7, 11) is 0. The van der Waals surface area contributed by atoms with Gasteiger partial charge in [0, 0.05) is 13.1 Å². The molecule has 1 aromatic carbocycles. The van der Waals surface area contributed by atoms with Crippen molar-refractivity contribution in [3.05, 3.63) is 65.6 Å². The van der Waals surface area contributed by atoms with Crippen molar-refractivity contribution in [3.8, 4) is 0 Å². The smallest absolute Gasteiger partial charge is 0.133 e. The highest BCUT2D eigenvalue weighted by molar-refractivity contribution is 5.52. The lowest BCUT2D eigenvalue weighted by Crippen LogP contribution is -2.22. The maximum Gasteiger partial charge on any atom is 0.133 e. The van der Waals surface area contributed by atoms with Crippen LogP contribution in [-0.2, 0) is 0 Å². The Bertz CT molecular complexity index is 503. The first-order valence-electron chi connectivity index (χ1n) is 6.40. The van der Waals surface area contributed by atoms with E-state index in [1.54, 1.807) is 18.4 Å². The topological polar surface area (TPSA) is 45.4 Å². The number of rotatable bonds is 6. The molecule has 2 N–H and O–H groups in total. The van der Waals surface area contributed by atoms with Crippen LogP contribution in [0.15, 0.2) is 58.7 Å². The number of furan rings is 1. The van der Waals surface area contributed by atoms with Gasteiger partial charge in [-0.05, 0) is 24.6 Å². The Morgan fingerprint density at radius 3 is 2.74 bits per heavy atom. The van der Waals surface area contributed by atoms with Crippen molar-refractivity contribution in [3.63, 3.8) is 0 Å². The van der Waals surface area contributed by atoms with Gasteiger partial charge in [-0.15, -0.1) is 0 Å². The molecule has 0 fully saturated rings. The Morgan fingerprint density at radius 2 is 2.05 bits per heavy atom. The van der Waals surface area contributed by atoms with Crippen LogP contribution in [0.25, 0.3) is 6.08 Å². The van der Waals surface area contributed by atoms with Gasteiger partial charge in [0.15, 0.2) is 0 Å². The van der Waals surface area contributed by atoms with E-state index < -0.39 is 6.10 Å². The first-order valence-corrected chi connectivity index (χ1v) is 6.40. The molecule has 0 saturated carbocycles. The fourth-order valence-electron chi connectivity index (χ4n) is 1.87. The molecule has 0 aliphatic carbocycles. The van der Waals surface area contributed by atoms with Gasteiger partial charge < -0.3 is 14.8 Å². The summed E-state index contributed by atoms with van der Waals surface area (Å²) in [4.78, 5) is 0. The van der Waals surface area contributed by atoms with Crippen LogP contribution in [0, 0.1) is 0 Å². The van der Waals surface area contributed by atoms with Gasteiger partial charge in [0.25, 0.3) is 0 Å². The summed E-state index contributed by atoms with van der Waals surface area (Å²) in [5.41, 5.74) is 2.41. The standard InChI is InChI=1S/C16H19NO2/c1-13(10-14-6-3-2-4-7-14)11-17-12-15(18)16-8-5-9-19-16/h2-10,15,17-18H,11-12H2,1H3. The second-order valence-electron chi connectivity index (χ2n) is 4.56. The molecule has 1 atom stereocenters. The highest BCUT2D eigenvalue weighted by Crippen LogP contribution is 2.12. The third-order valence-electron chi connectivity index (χ3n) is 2.83. The number of aliphatic hydroxyl groups is 1. The molecule has 0 saturated heterocycles. The van der Waals surface area contributed by atoms with Gasteiger partial charge in [0.2, 0.25) is 0 Å². The molecule has 2 rings (SSSR count). The van der Waals surface area contributed by atoms with E-state index in [-0.39, 0.29) is 0 Å². The summed E-state index contributed by atoms with van der Waals surface area (Å²) in [5, 5.41) is 13.1. The molecule has 0 radical (unpaired) electrons. The van der Waals surface area contributed by atoms with Gasteiger partial charge in [0.05, 0.1) is 6.26 Å². The van der Waals surface area contributed by atoms with Crippen LogP contribution in [-0.4, -0.2) is 18.2 Å². The predicted molar refractivity (Wildman–Crippen MR) is 76.6 cm³/mol. The molecule has 0 aliphatic rings.